The van der Waals surface area contributed by atoms with E-state index in [1.165, 1.54) is 12.1 Å². The molecule has 0 unspecified atom stereocenters. The van der Waals surface area contributed by atoms with Gasteiger partial charge in [0.2, 0.25) is 0 Å². The van der Waals surface area contributed by atoms with Gasteiger partial charge in [-0.3, -0.25) is 10.1 Å². The molecule has 0 bridgehead atoms. The van der Waals surface area contributed by atoms with Crippen LogP contribution in [-0.4, -0.2) is 42.1 Å². The van der Waals surface area contributed by atoms with Crippen molar-refractivity contribution in [3.63, 3.8) is 0 Å². The Morgan fingerprint density at radius 3 is 2.59 bits per heavy atom. The number of nitro groups is 1. The molecule has 0 radical (unpaired) electrons. The monoisotopic (exact) mass is 371 g/mol. The number of ether oxygens (including phenoxy) is 4. The van der Waals surface area contributed by atoms with Gasteiger partial charge in [-0.15, -0.1) is 0 Å². The molecule has 2 aliphatic heterocycles. The number of fused-ring (bicyclic) bond motifs is 1. The molecule has 7 heteroatoms. The highest BCUT2D eigenvalue weighted by Crippen LogP contribution is 2.40. The lowest BCUT2D eigenvalue weighted by Crippen LogP contribution is -2.46. The van der Waals surface area contributed by atoms with E-state index in [2.05, 4.69) is 0 Å². The summed E-state index contributed by atoms with van der Waals surface area (Å²) >= 11 is 0. The molecule has 2 aromatic carbocycles. The zero-order valence-corrected chi connectivity index (χ0v) is 14.9. The topological polar surface area (TPSA) is 80.1 Å². The van der Waals surface area contributed by atoms with E-state index in [0.717, 1.165) is 5.56 Å². The van der Waals surface area contributed by atoms with Crippen LogP contribution in [0.1, 0.15) is 12.5 Å². The van der Waals surface area contributed by atoms with E-state index < -0.39 is 10.5 Å². The SMILES string of the molecule is C[C@]12OC[C@H](Oc3ccc([N+](=O)[O-])cc3)[C@H]1OC[C@@H]2OCc1ccccc1. The van der Waals surface area contributed by atoms with Gasteiger partial charge in [0.15, 0.2) is 6.10 Å². The summed E-state index contributed by atoms with van der Waals surface area (Å²) in [6.07, 6.45) is -0.733. The first kappa shape index (κ1) is 17.9. The van der Waals surface area contributed by atoms with E-state index in [0.29, 0.717) is 25.6 Å². The Kier molecular flexibility index (Phi) is 4.82. The predicted molar refractivity (Wildman–Crippen MR) is 96.6 cm³/mol. The molecule has 27 heavy (non-hydrogen) atoms. The second kappa shape index (κ2) is 7.26. The predicted octanol–water partition coefficient (Wildman–Crippen LogP) is 3.12. The molecule has 0 amide bonds. The summed E-state index contributed by atoms with van der Waals surface area (Å²) in [7, 11) is 0. The van der Waals surface area contributed by atoms with Crippen LogP contribution in [0.25, 0.3) is 0 Å². The summed E-state index contributed by atoms with van der Waals surface area (Å²) in [5, 5.41) is 10.8. The van der Waals surface area contributed by atoms with Crippen LogP contribution in [0.2, 0.25) is 0 Å². The van der Waals surface area contributed by atoms with Crippen LogP contribution in [0, 0.1) is 10.1 Å². The molecule has 2 fully saturated rings. The Labute approximate surface area is 157 Å². The second-order valence-corrected chi connectivity index (χ2v) is 6.94. The summed E-state index contributed by atoms with van der Waals surface area (Å²) < 4.78 is 24.0. The van der Waals surface area contributed by atoms with Crippen molar-refractivity contribution in [1.29, 1.82) is 0 Å². The highest BCUT2D eigenvalue weighted by atomic mass is 16.7. The number of nitro benzene ring substituents is 1. The van der Waals surface area contributed by atoms with Crippen LogP contribution in [0.15, 0.2) is 54.6 Å². The number of hydrogen-bond acceptors (Lipinski definition) is 6. The maximum atomic E-state index is 10.8. The average molecular weight is 371 g/mol. The van der Waals surface area contributed by atoms with Gasteiger partial charge in [0, 0.05) is 12.1 Å². The van der Waals surface area contributed by atoms with Crippen LogP contribution in [0.5, 0.6) is 5.75 Å². The van der Waals surface area contributed by atoms with Crippen LogP contribution in [-0.2, 0) is 20.8 Å². The number of non-ortho nitro benzene ring substituents is 1. The molecule has 0 saturated carbocycles. The first-order chi connectivity index (χ1) is 13.1. The first-order valence-corrected chi connectivity index (χ1v) is 8.88. The molecule has 2 aliphatic rings. The summed E-state index contributed by atoms with van der Waals surface area (Å²) in [5.74, 6) is 0.552. The highest BCUT2D eigenvalue weighted by molar-refractivity contribution is 5.36. The van der Waals surface area contributed by atoms with E-state index in [1.807, 2.05) is 37.3 Å². The largest absolute Gasteiger partial charge is 0.485 e. The fraction of sp³-hybridized carbons (Fsp3) is 0.400. The molecule has 2 heterocycles. The second-order valence-electron chi connectivity index (χ2n) is 6.94. The van der Waals surface area contributed by atoms with E-state index in [1.54, 1.807) is 12.1 Å². The van der Waals surface area contributed by atoms with Crippen molar-refractivity contribution < 1.29 is 23.9 Å². The summed E-state index contributed by atoms with van der Waals surface area (Å²) in [5.41, 5.74) is 0.544. The van der Waals surface area contributed by atoms with Crippen LogP contribution < -0.4 is 4.74 Å². The lowest BCUT2D eigenvalue weighted by Gasteiger charge is -2.28. The van der Waals surface area contributed by atoms with Gasteiger partial charge >= 0.3 is 0 Å². The van der Waals surface area contributed by atoms with Gasteiger partial charge in [-0.25, -0.2) is 0 Å². The maximum absolute atomic E-state index is 10.8. The molecule has 142 valence electrons. The van der Waals surface area contributed by atoms with Crippen molar-refractivity contribution in [3.05, 3.63) is 70.3 Å². The lowest BCUT2D eigenvalue weighted by molar-refractivity contribution is -0.384. The molecule has 2 saturated heterocycles. The molecule has 4 atom stereocenters. The minimum atomic E-state index is -0.583. The number of hydrogen-bond donors (Lipinski definition) is 0. The van der Waals surface area contributed by atoms with Crippen LogP contribution in [0.4, 0.5) is 5.69 Å². The van der Waals surface area contributed by atoms with Crippen molar-refractivity contribution in [1.82, 2.24) is 0 Å². The van der Waals surface area contributed by atoms with E-state index in [4.69, 9.17) is 18.9 Å². The quantitative estimate of drug-likeness (QED) is 0.573. The smallest absolute Gasteiger partial charge is 0.269 e. The zero-order chi connectivity index (χ0) is 18.9. The Morgan fingerprint density at radius 1 is 1.15 bits per heavy atom. The van der Waals surface area contributed by atoms with Gasteiger partial charge in [0.05, 0.1) is 24.7 Å². The molecule has 0 spiro atoms. The number of nitrogens with zero attached hydrogens (tertiary/aromatic N) is 1. The molecule has 7 nitrogen and oxygen atoms in total. The normalized spacial score (nSPS) is 29.4. The third kappa shape index (κ3) is 3.53. The Morgan fingerprint density at radius 2 is 1.89 bits per heavy atom. The third-order valence-corrected chi connectivity index (χ3v) is 5.16. The first-order valence-electron chi connectivity index (χ1n) is 8.88. The van der Waals surface area contributed by atoms with Crippen molar-refractivity contribution >= 4 is 5.69 Å². The minimum absolute atomic E-state index is 0.0290. The van der Waals surface area contributed by atoms with E-state index >= 15 is 0 Å². The molecule has 4 rings (SSSR count). The molecule has 0 N–H and O–H groups in total. The van der Waals surface area contributed by atoms with Gasteiger partial charge in [-0.1, -0.05) is 30.3 Å². The van der Waals surface area contributed by atoms with Gasteiger partial charge in [0.1, 0.15) is 23.6 Å². The lowest BCUT2D eigenvalue weighted by atomic mass is 9.94. The fourth-order valence-electron chi connectivity index (χ4n) is 3.61. The van der Waals surface area contributed by atoms with Crippen LogP contribution in [0.3, 0.4) is 0 Å². The van der Waals surface area contributed by atoms with Crippen molar-refractivity contribution in [3.8, 4) is 5.75 Å². The molecular formula is C20H21NO6. The fourth-order valence-corrected chi connectivity index (χ4v) is 3.61. The average Bonchev–Trinajstić information content (AvgIpc) is 3.17. The van der Waals surface area contributed by atoms with Gasteiger partial charge in [0.25, 0.3) is 5.69 Å². The maximum Gasteiger partial charge on any atom is 0.269 e. The van der Waals surface area contributed by atoms with Crippen molar-refractivity contribution in [2.75, 3.05) is 13.2 Å². The molecule has 0 aromatic heterocycles. The van der Waals surface area contributed by atoms with Gasteiger partial charge in [-0.05, 0) is 24.6 Å². The summed E-state index contributed by atoms with van der Waals surface area (Å²) in [6.45, 7) is 3.30. The van der Waals surface area contributed by atoms with Crippen molar-refractivity contribution in [2.45, 2.75) is 37.4 Å². The third-order valence-electron chi connectivity index (χ3n) is 5.16. The molecular weight excluding hydrogens is 350 g/mol. The summed E-state index contributed by atoms with van der Waals surface area (Å²) in [4.78, 5) is 10.3. The number of benzene rings is 2. The molecule has 0 aliphatic carbocycles. The van der Waals surface area contributed by atoms with E-state index in [9.17, 15) is 10.1 Å². The Balaban J connectivity index is 1.39. The summed E-state index contributed by atoms with van der Waals surface area (Å²) in [6, 6.07) is 16.0. The minimum Gasteiger partial charge on any atom is -0.485 e. The van der Waals surface area contributed by atoms with Gasteiger partial charge in [-0.2, -0.15) is 0 Å². The number of rotatable bonds is 6. The van der Waals surface area contributed by atoms with Crippen molar-refractivity contribution in [2.24, 2.45) is 0 Å². The highest BCUT2D eigenvalue weighted by Gasteiger charge is 2.58. The Hall–Kier alpha value is -2.48. The molecule has 2 aromatic rings. The van der Waals surface area contributed by atoms with E-state index in [-0.39, 0.29) is 24.0 Å². The standard InChI is InChI=1S/C20H21NO6/c1-20-18(24-11-14-5-3-2-4-6-14)13-25-19(20)17(12-26-20)27-16-9-7-15(8-10-16)21(22)23/h2-10,17-19H,11-13H2,1H3/t17-,18-,19+,20+/m0/s1. The van der Waals surface area contributed by atoms with Crippen LogP contribution >= 0.6 is 0 Å². The zero-order valence-electron chi connectivity index (χ0n) is 14.9. The Bertz CT molecular complexity index is 796. The van der Waals surface area contributed by atoms with Gasteiger partial charge < -0.3 is 18.9 Å².